The highest BCUT2D eigenvalue weighted by Gasteiger charge is 2.20. The number of carboxylic acid groups (broad SMARTS) is 1. The molecule has 3 aromatic carbocycles. The van der Waals surface area contributed by atoms with Gasteiger partial charge < -0.3 is 30.9 Å². The van der Waals surface area contributed by atoms with Crippen LogP contribution in [0.15, 0.2) is 72.8 Å². The molecular weight excluding hydrogens is 522 g/mol. The Balaban J connectivity index is 1.29. The lowest BCUT2D eigenvalue weighted by molar-refractivity contribution is -0.124. The van der Waals surface area contributed by atoms with Gasteiger partial charge in [-0.05, 0) is 86.4 Å². The fourth-order valence-electron chi connectivity index (χ4n) is 4.65. The number of aromatic carboxylic acids is 1. The highest BCUT2D eigenvalue weighted by Crippen LogP contribution is 2.18. The largest absolute Gasteiger partial charge is 0.478 e. The number of benzene rings is 3. The number of likely N-dealkylation sites (tertiary alicyclic amines) is 1. The highest BCUT2D eigenvalue weighted by molar-refractivity contribution is 6.00. The number of para-hydroxylation sites is 1. The molecule has 0 unspecified atom stereocenters. The fourth-order valence-corrected chi connectivity index (χ4v) is 4.65. The number of urea groups is 1. The summed E-state index contributed by atoms with van der Waals surface area (Å²) >= 11 is 0. The SMILES string of the molecule is Cc1ccccc1NC(=O)Nc1ccc(CC(=O)NCC(=O)N(CCN2CCCC2)c2ccc(C(=O)O)cc2)cc1. The van der Waals surface area contributed by atoms with E-state index in [1.54, 1.807) is 41.3 Å². The van der Waals surface area contributed by atoms with Crippen LogP contribution in [0.25, 0.3) is 0 Å². The van der Waals surface area contributed by atoms with E-state index >= 15 is 0 Å². The third-order valence-corrected chi connectivity index (χ3v) is 6.97. The van der Waals surface area contributed by atoms with E-state index in [0.717, 1.165) is 42.7 Å². The third kappa shape index (κ3) is 8.64. The zero-order chi connectivity index (χ0) is 29.2. The molecule has 1 heterocycles. The van der Waals surface area contributed by atoms with Crippen molar-refractivity contribution in [2.45, 2.75) is 26.2 Å². The van der Waals surface area contributed by atoms with Gasteiger partial charge in [0.1, 0.15) is 0 Å². The van der Waals surface area contributed by atoms with Crippen molar-refractivity contribution in [3.8, 4) is 0 Å². The summed E-state index contributed by atoms with van der Waals surface area (Å²) in [6, 6.07) is 20.2. The Bertz CT molecular complexity index is 1370. The van der Waals surface area contributed by atoms with Crippen molar-refractivity contribution in [1.82, 2.24) is 10.2 Å². The molecule has 0 saturated carbocycles. The summed E-state index contributed by atoms with van der Waals surface area (Å²) in [6.07, 6.45) is 2.34. The Labute approximate surface area is 239 Å². The number of amides is 4. The standard InChI is InChI=1S/C31H35N5O5/c1-22-6-2-3-7-27(22)34-31(41)33-25-12-8-23(9-13-25)20-28(37)32-21-29(38)36(19-18-35-16-4-5-17-35)26-14-10-24(11-15-26)30(39)40/h2-3,6-15H,4-5,16-21H2,1H3,(H,32,37)(H,39,40)(H2,33,34,41). The molecule has 41 heavy (non-hydrogen) atoms. The summed E-state index contributed by atoms with van der Waals surface area (Å²) < 4.78 is 0. The molecule has 1 aliphatic rings. The van der Waals surface area contributed by atoms with Gasteiger partial charge in [0.15, 0.2) is 0 Å². The van der Waals surface area contributed by atoms with Crippen LogP contribution in [-0.2, 0) is 16.0 Å². The number of rotatable bonds is 11. The van der Waals surface area contributed by atoms with Crippen LogP contribution in [0.1, 0.15) is 34.3 Å². The molecule has 0 spiro atoms. The van der Waals surface area contributed by atoms with E-state index < -0.39 is 5.97 Å². The Morgan fingerprint density at radius 2 is 1.56 bits per heavy atom. The van der Waals surface area contributed by atoms with Crippen LogP contribution in [0.5, 0.6) is 0 Å². The van der Waals surface area contributed by atoms with Crippen LogP contribution < -0.4 is 20.9 Å². The van der Waals surface area contributed by atoms with Crippen LogP contribution in [0.3, 0.4) is 0 Å². The second-order valence-electron chi connectivity index (χ2n) is 9.99. The lowest BCUT2D eigenvalue weighted by atomic mass is 10.1. The van der Waals surface area contributed by atoms with Crippen LogP contribution in [0.4, 0.5) is 21.9 Å². The molecule has 0 aromatic heterocycles. The molecule has 1 aliphatic heterocycles. The van der Waals surface area contributed by atoms with Gasteiger partial charge in [0.2, 0.25) is 11.8 Å². The number of hydrogen-bond donors (Lipinski definition) is 4. The molecule has 4 rings (SSSR count). The lowest BCUT2D eigenvalue weighted by Gasteiger charge is -2.26. The predicted octanol–water partition coefficient (Wildman–Crippen LogP) is 4.12. The number of anilines is 3. The van der Waals surface area contributed by atoms with Gasteiger partial charge in [-0.2, -0.15) is 0 Å². The molecule has 4 amide bonds. The Kier molecular flexibility index (Phi) is 10.1. The van der Waals surface area contributed by atoms with Crippen molar-refractivity contribution in [3.05, 3.63) is 89.5 Å². The van der Waals surface area contributed by atoms with E-state index in [0.29, 0.717) is 24.5 Å². The number of nitrogens with zero attached hydrogens (tertiary/aromatic N) is 2. The van der Waals surface area contributed by atoms with E-state index in [1.165, 1.54) is 12.1 Å². The first-order chi connectivity index (χ1) is 19.8. The zero-order valence-corrected chi connectivity index (χ0v) is 23.1. The minimum Gasteiger partial charge on any atom is -0.478 e. The zero-order valence-electron chi connectivity index (χ0n) is 23.1. The lowest BCUT2D eigenvalue weighted by Crippen LogP contribution is -2.44. The first-order valence-corrected chi connectivity index (χ1v) is 13.6. The molecule has 1 fully saturated rings. The molecule has 0 bridgehead atoms. The fraction of sp³-hybridized carbons (Fsp3) is 0.290. The summed E-state index contributed by atoms with van der Waals surface area (Å²) in [7, 11) is 0. The molecule has 1 saturated heterocycles. The van der Waals surface area contributed by atoms with Gasteiger partial charge in [-0.15, -0.1) is 0 Å². The Morgan fingerprint density at radius 3 is 2.22 bits per heavy atom. The van der Waals surface area contributed by atoms with E-state index in [-0.39, 0.29) is 36.4 Å². The minimum absolute atomic E-state index is 0.0735. The number of carbonyl (C=O) groups is 4. The van der Waals surface area contributed by atoms with Gasteiger partial charge >= 0.3 is 12.0 Å². The summed E-state index contributed by atoms with van der Waals surface area (Å²) in [6.45, 7) is 4.84. The average Bonchev–Trinajstić information content (AvgIpc) is 3.48. The first-order valence-electron chi connectivity index (χ1n) is 13.6. The maximum Gasteiger partial charge on any atom is 0.335 e. The van der Waals surface area contributed by atoms with E-state index in [2.05, 4.69) is 20.9 Å². The minimum atomic E-state index is -1.03. The smallest absolute Gasteiger partial charge is 0.335 e. The summed E-state index contributed by atoms with van der Waals surface area (Å²) in [4.78, 5) is 53.2. The van der Waals surface area contributed by atoms with Crippen LogP contribution in [0.2, 0.25) is 0 Å². The second-order valence-corrected chi connectivity index (χ2v) is 9.99. The van der Waals surface area contributed by atoms with Crippen molar-refractivity contribution >= 4 is 40.9 Å². The summed E-state index contributed by atoms with van der Waals surface area (Å²) in [5.41, 5.74) is 3.71. The normalized spacial score (nSPS) is 12.9. The van der Waals surface area contributed by atoms with Crippen molar-refractivity contribution in [2.75, 3.05) is 48.3 Å². The molecule has 10 nitrogen and oxygen atoms in total. The molecule has 10 heteroatoms. The number of aryl methyl sites for hydroxylation is 1. The molecular formula is C31H35N5O5. The number of nitrogens with one attached hydrogen (secondary N) is 3. The van der Waals surface area contributed by atoms with Gasteiger partial charge in [-0.25, -0.2) is 9.59 Å². The highest BCUT2D eigenvalue weighted by atomic mass is 16.4. The Hall–Kier alpha value is -4.70. The van der Waals surface area contributed by atoms with Gasteiger partial charge in [-0.3, -0.25) is 9.59 Å². The number of carbonyl (C=O) groups excluding carboxylic acids is 3. The monoisotopic (exact) mass is 557 g/mol. The summed E-state index contributed by atoms with van der Waals surface area (Å²) in [5, 5.41) is 17.5. The molecule has 214 valence electrons. The molecule has 3 aromatic rings. The third-order valence-electron chi connectivity index (χ3n) is 6.97. The quantitative estimate of drug-likeness (QED) is 0.281. The summed E-state index contributed by atoms with van der Waals surface area (Å²) in [5.74, 6) is -1.62. The van der Waals surface area contributed by atoms with E-state index in [1.807, 2.05) is 31.2 Å². The van der Waals surface area contributed by atoms with Crippen molar-refractivity contribution in [1.29, 1.82) is 0 Å². The molecule has 0 radical (unpaired) electrons. The van der Waals surface area contributed by atoms with Gasteiger partial charge in [-0.1, -0.05) is 30.3 Å². The number of hydrogen-bond acceptors (Lipinski definition) is 5. The maximum atomic E-state index is 13.2. The maximum absolute atomic E-state index is 13.2. The van der Waals surface area contributed by atoms with Gasteiger partial charge in [0.25, 0.3) is 0 Å². The van der Waals surface area contributed by atoms with Gasteiger partial charge in [0.05, 0.1) is 18.5 Å². The van der Waals surface area contributed by atoms with Crippen molar-refractivity contribution in [2.24, 2.45) is 0 Å². The van der Waals surface area contributed by atoms with E-state index in [4.69, 9.17) is 0 Å². The molecule has 4 N–H and O–H groups in total. The van der Waals surface area contributed by atoms with E-state index in [9.17, 15) is 24.3 Å². The first kappa shape index (κ1) is 29.3. The van der Waals surface area contributed by atoms with Crippen molar-refractivity contribution in [3.63, 3.8) is 0 Å². The topological polar surface area (TPSA) is 131 Å². The van der Waals surface area contributed by atoms with Crippen LogP contribution in [-0.4, -0.2) is 66.5 Å². The second kappa shape index (κ2) is 14.1. The van der Waals surface area contributed by atoms with Crippen molar-refractivity contribution < 1.29 is 24.3 Å². The molecule has 0 atom stereocenters. The van der Waals surface area contributed by atoms with Crippen LogP contribution >= 0.6 is 0 Å². The molecule has 0 aliphatic carbocycles. The number of carboxylic acids is 1. The van der Waals surface area contributed by atoms with Gasteiger partial charge in [0, 0.05) is 30.2 Å². The average molecular weight is 558 g/mol. The Morgan fingerprint density at radius 1 is 0.878 bits per heavy atom. The predicted molar refractivity (Wildman–Crippen MR) is 158 cm³/mol. The van der Waals surface area contributed by atoms with Crippen LogP contribution in [0, 0.1) is 6.92 Å².